The first kappa shape index (κ1) is 11.6. The van der Waals surface area contributed by atoms with Crippen molar-refractivity contribution >= 4 is 27.3 Å². The third-order valence-corrected chi connectivity index (χ3v) is 3.24. The van der Waals surface area contributed by atoms with Crippen molar-refractivity contribution in [1.82, 2.24) is 4.98 Å². The predicted octanol–water partition coefficient (Wildman–Crippen LogP) is 3.77. The van der Waals surface area contributed by atoms with Crippen molar-refractivity contribution in [2.24, 2.45) is 0 Å². The Morgan fingerprint density at radius 3 is 2.88 bits per heavy atom. The molecule has 84 valence electrons. The van der Waals surface area contributed by atoms with Gasteiger partial charge in [-0.2, -0.15) is 5.26 Å². The first-order valence-corrected chi connectivity index (χ1v) is 5.88. The van der Waals surface area contributed by atoms with Crippen LogP contribution in [0, 0.1) is 18.3 Å². The summed E-state index contributed by atoms with van der Waals surface area (Å²) in [6, 6.07) is 11.6. The van der Waals surface area contributed by atoms with Crippen LogP contribution in [0.4, 0.5) is 11.4 Å². The molecule has 0 atom stereocenters. The molecule has 0 spiro atoms. The molecule has 0 aliphatic rings. The number of benzene rings is 1. The molecule has 4 heteroatoms. The van der Waals surface area contributed by atoms with Gasteiger partial charge in [0.25, 0.3) is 0 Å². The van der Waals surface area contributed by atoms with Crippen molar-refractivity contribution < 1.29 is 0 Å². The summed E-state index contributed by atoms with van der Waals surface area (Å²) >= 11 is 3.45. The highest BCUT2D eigenvalue weighted by atomic mass is 79.9. The maximum atomic E-state index is 8.94. The Morgan fingerprint density at radius 2 is 2.18 bits per heavy atom. The first-order valence-electron chi connectivity index (χ1n) is 5.09. The lowest BCUT2D eigenvalue weighted by molar-refractivity contribution is 1.26. The predicted molar refractivity (Wildman–Crippen MR) is 71.1 cm³/mol. The normalized spacial score (nSPS) is 9.71. The van der Waals surface area contributed by atoms with Crippen molar-refractivity contribution in [2.45, 2.75) is 6.92 Å². The van der Waals surface area contributed by atoms with Crippen LogP contribution in [0.1, 0.15) is 11.3 Å². The second kappa shape index (κ2) is 4.98. The standard InChI is InChI=1S/C13H10BrN3/c1-9-7-10(4-5-11(9)14)17-12-3-2-6-16-13(12)8-15/h2-7,17H,1H3. The average Bonchev–Trinajstić information content (AvgIpc) is 2.34. The molecular weight excluding hydrogens is 278 g/mol. The fourth-order valence-corrected chi connectivity index (χ4v) is 1.72. The zero-order chi connectivity index (χ0) is 12.3. The Hall–Kier alpha value is -1.86. The van der Waals surface area contributed by atoms with Gasteiger partial charge in [-0.05, 0) is 42.8 Å². The van der Waals surface area contributed by atoms with E-state index < -0.39 is 0 Å². The summed E-state index contributed by atoms with van der Waals surface area (Å²) < 4.78 is 1.06. The molecule has 0 aliphatic carbocycles. The van der Waals surface area contributed by atoms with Gasteiger partial charge in [-0.1, -0.05) is 15.9 Å². The molecule has 0 saturated carbocycles. The molecule has 0 amide bonds. The largest absolute Gasteiger partial charge is 0.353 e. The minimum atomic E-state index is 0.396. The highest BCUT2D eigenvalue weighted by Crippen LogP contribution is 2.23. The molecule has 2 rings (SSSR count). The average molecular weight is 288 g/mol. The van der Waals surface area contributed by atoms with E-state index >= 15 is 0 Å². The number of aryl methyl sites for hydroxylation is 1. The topological polar surface area (TPSA) is 48.7 Å². The van der Waals surface area contributed by atoms with Crippen LogP contribution in [0.5, 0.6) is 0 Å². The number of halogens is 1. The van der Waals surface area contributed by atoms with Gasteiger partial charge < -0.3 is 5.32 Å². The summed E-state index contributed by atoms with van der Waals surface area (Å²) in [5.74, 6) is 0. The Balaban J connectivity index is 2.32. The molecule has 0 radical (unpaired) electrons. The smallest absolute Gasteiger partial charge is 0.163 e. The molecule has 0 bridgehead atoms. The van der Waals surface area contributed by atoms with E-state index in [4.69, 9.17) is 5.26 Å². The van der Waals surface area contributed by atoms with Crippen LogP contribution in [0.2, 0.25) is 0 Å². The highest BCUT2D eigenvalue weighted by Gasteiger charge is 2.03. The number of hydrogen-bond donors (Lipinski definition) is 1. The van der Waals surface area contributed by atoms with Crippen LogP contribution in [0.3, 0.4) is 0 Å². The molecule has 2 aromatic rings. The van der Waals surface area contributed by atoms with Gasteiger partial charge in [0.15, 0.2) is 5.69 Å². The van der Waals surface area contributed by atoms with E-state index in [-0.39, 0.29) is 0 Å². The van der Waals surface area contributed by atoms with E-state index in [2.05, 4.69) is 32.3 Å². The first-order chi connectivity index (χ1) is 8.20. The van der Waals surface area contributed by atoms with Gasteiger partial charge in [0.1, 0.15) is 6.07 Å². The van der Waals surface area contributed by atoms with Gasteiger partial charge in [0.2, 0.25) is 0 Å². The number of pyridine rings is 1. The number of nitriles is 1. The lowest BCUT2D eigenvalue weighted by atomic mass is 10.2. The van der Waals surface area contributed by atoms with Gasteiger partial charge in [0.05, 0.1) is 5.69 Å². The van der Waals surface area contributed by atoms with Crippen LogP contribution in [0.15, 0.2) is 41.0 Å². The van der Waals surface area contributed by atoms with Crippen molar-refractivity contribution in [1.29, 1.82) is 5.26 Å². The number of hydrogen-bond acceptors (Lipinski definition) is 3. The Kier molecular flexibility index (Phi) is 3.40. The van der Waals surface area contributed by atoms with Gasteiger partial charge in [-0.25, -0.2) is 4.98 Å². The lowest BCUT2D eigenvalue weighted by Crippen LogP contribution is -1.95. The summed E-state index contributed by atoms with van der Waals surface area (Å²) in [5, 5.41) is 12.1. The Bertz CT molecular complexity index is 587. The summed E-state index contributed by atoms with van der Waals surface area (Å²) in [4.78, 5) is 4.00. The van der Waals surface area contributed by atoms with Crippen LogP contribution < -0.4 is 5.32 Å². The van der Waals surface area contributed by atoms with Crippen LogP contribution in [0.25, 0.3) is 0 Å². The van der Waals surface area contributed by atoms with E-state index in [1.165, 1.54) is 0 Å². The molecule has 1 heterocycles. The maximum Gasteiger partial charge on any atom is 0.163 e. The zero-order valence-electron chi connectivity index (χ0n) is 9.24. The van der Waals surface area contributed by atoms with E-state index in [1.807, 2.05) is 31.2 Å². The van der Waals surface area contributed by atoms with Crippen molar-refractivity contribution in [3.63, 3.8) is 0 Å². The number of anilines is 2. The van der Waals surface area contributed by atoms with Gasteiger partial charge >= 0.3 is 0 Å². The highest BCUT2D eigenvalue weighted by molar-refractivity contribution is 9.10. The van der Waals surface area contributed by atoms with E-state index in [9.17, 15) is 0 Å². The van der Waals surface area contributed by atoms with Crippen LogP contribution in [-0.2, 0) is 0 Å². The fraction of sp³-hybridized carbons (Fsp3) is 0.0769. The minimum absolute atomic E-state index is 0.396. The summed E-state index contributed by atoms with van der Waals surface area (Å²) in [6.07, 6.45) is 1.61. The molecule has 0 saturated heterocycles. The molecule has 1 aromatic carbocycles. The second-order valence-corrected chi connectivity index (χ2v) is 4.45. The van der Waals surface area contributed by atoms with Crippen molar-refractivity contribution in [2.75, 3.05) is 5.32 Å². The summed E-state index contributed by atoms with van der Waals surface area (Å²) in [7, 11) is 0. The number of aromatic nitrogens is 1. The van der Waals surface area contributed by atoms with Crippen molar-refractivity contribution in [3.8, 4) is 6.07 Å². The SMILES string of the molecule is Cc1cc(Nc2cccnc2C#N)ccc1Br. The van der Waals surface area contributed by atoms with Gasteiger partial charge in [-0.15, -0.1) is 0 Å². The Labute approximate surface area is 108 Å². The zero-order valence-corrected chi connectivity index (χ0v) is 10.8. The molecule has 0 fully saturated rings. The molecular formula is C13H10BrN3. The molecule has 3 nitrogen and oxygen atoms in total. The van der Waals surface area contributed by atoms with Gasteiger partial charge in [0, 0.05) is 16.4 Å². The van der Waals surface area contributed by atoms with Gasteiger partial charge in [-0.3, -0.25) is 0 Å². The Morgan fingerprint density at radius 1 is 1.35 bits per heavy atom. The van der Waals surface area contributed by atoms with E-state index in [0.717, 1.165) is 21.4 Å². The van der Waals surface area contributed by atoms with E-state index in [1.54, 1.807) is 12.3 Å². The number of nitrogens with zero attached hydrogens (tertiary/aromatic N) is 2. The summed E-state index contributed by atoms with van der Waals surface area (Å²) in [5.41, 5.74) is 3.19. The fourth-order valence-electron chi connectivity index (χ4n) is 1.47. The number of rotatable bonds is 2. The molecule has 1 N–H and O–H groups in total. The van der Waals surface area contributed by atoms with E-state index in [0.29, 0.717) is 5.69 Å². The van der Waals surface area contributed by atoms with Crippen LogP contribution in [-0.4, -0.2) is 4.98 Å². The minimum Gasteiger partial charge on any atom is -0.353 e. The van der Waals surface area contributed by atoms with Crippen molar-refractivity contribution in [3.05, 3.63) is 52.3 Å². The molecule has 0 unspecified atom stereocenters. The third kappa shape index (κ3) is 2.63. The number of nitrogens with one attached hydrogen (secondary N) is 1. The monoisotopic (exact) mass is 287 g/mol. The summed E-state index contributed by atoms with van der Waals surface area (Å²) in [6.45, 7) is 2.02. The second-order valence-electron chi connectivity index (χ2n) is 3.60. The van der Waals surface area contributed by atoms with Crippen LogP contribution >= 0.6 is 15.9 Å². The molecule has 0 aliphatic heterocycles. The molecule has 1 aromatic heterocycles. The maximum absolute atomic E-state index is 8.94. The quantitative estimate of drug-likeness (QED) is 0.915. The lowest BCUT2D eigenvalue weighted by Gasteiger charge is -2.08. The third-order valence-electron chi connectivity index (χ3n) is 2.35. The molecule has 17 heavy (non-hydrogen) atoms.